The zero-order valence-electron chi connectivity index (χ0n) is 21.6. The average molecular weight is 511 g/mol. The zero-order valence-corrected chi connectivity index (χ0v) is 21.6. The molecule has 3 aliphatic rings. The number of benzene rings is 2. The van der Waals surface area contributed by atoms with Gasteiger partial charge >= 0.3 is 0 Å². The van der Waals surface area contributed by atoms with Gasteiger partial charge in [0.15, 0.2) is 0 Å². The van der Waals surface area contributed by atoms with Crippen molar-refractivity contribution in [2.24, 2.45) is 0 Å². The lowest BCUT2D eigenvalue weighted by atomic mass is 9.95. The number of hydrogen-bond donors (Lipinski definition) is 3. The fraction of sp³-hybridized carbons (Fsp3) is 0.400. The Balaban J connectivity index is 1.36. The van der Waals surface area contributed by atoms with Gasteiger partial charge in [-0.05, 0) is 73.7 Å². The van der Waals surface area contributed by atoms with E-state index in [-0.39, 0.29) is 23.9 Å². The molecule has 8 heteroatoms. The summed E-state index contributed by atoms with van der Waals surface area (Å²) in [7, 11) is 0. The summed E-state index contributed by atoms with van der Waals surface area (Å²) in [5.41, 5.74) is 5.16. The Hall–Kier alpha value is -3.78. The lowest BCUT2D eigenvalue weighted by Crippen LogP contribution is -2.43. The summed E-state index contributed by atoms with van der Waals surface area (Å²) in [6.07, 6.45) is 9.13. The Morgan fingerprint density at radius 3 is 2.79 bits per heavy atom. The van der Waals surface area contributed by atoms with Crippen LogP contribution in [0.4, 0.5) is 11.6 Å². The maximum atomic E-state index is 13.4. The molecule has 1 saturated carbocycles. The second-order valence-electron chi connectivity index (χ2n) is 10.6. The van der Waals surface area contributed by atoms with Gasteiger partial charge in [-0.25, -0.2) is 9.97 Å². The third-order valence-electron chi connectivity index (χ3n) is 7.93. The fourth-order valence-electron chi connectivity index (χ4n) is 5.92. The molecule has 1 saturated heterocycles. The van der Waals surface area contributed by atoms with Gasteiger partial charge in [0.05, 0.1) is 11.7 Å². The molecule has 38 heavy (non-hydrogen) atoms. The minimum absolute atomic E-state index is 0.0341. The monoisotopic (exact) mass is 510 g/mol. The lowest BCUT2D eigenvalue weighted by Gasteiger charge is -2.26. The van der Waals surface area contributed by atoms with E-state index in [4.69, 9.17) is 4.98 Å². The van der Waals surface area contributed by atoms with Gasteiger partial charge in [-0.3, -0.25) is 14.5 Å². The van der Waals surface area contributed by atoms with Crippen molar-refractivity contribution in [2.45, 2.75) is 70.1 Å². The summed E-state index contributed by atoms with van der Waals surface area (Å²) in [5.74, 6) is 0.495. The van der Waals surface area contributed by atoms with Crippen LogP contribution in [0.2, 0.25) is 0 Å². The van der Waals surface area contributed by atoms with E-state index in [2.05, 4.69) is 31.9 Å². The first-order chi connectivity index (χ1) is 18.6. The van der Waals surface area contributed by atoms with Crippen LogP contribution in [0.15, 0.2) is 54.7 Å². The summed E-state index contributed by atoms with van der Waals surface area (Å²) in [5, 5.41) is 9.75. The first-order valence-electron chi connectivity index (χ1n) is 13.8. The quantitative estimate of drug-likeness (QED) is 0.468. The van der Waals surface area contributed by atoms with E-state index in [0.717, 1.165) is 73.1 Å². The molecular formula is C30H34N6O2. The van der Waals surface area contributed by atoms with Crippen molar-refractivity contribution in [2.75, 3.05) is 11.9 Å². The second kappa shape index (κ2) is 10.9. The molecule has 2 aliphatic heterocycles. The largest absolute Gasteiger partial charge is 0.351 e. The van der Waals surface area contributed by atoms with Crippen molar-refractivity contribution in [3.8, 4) is 11.3 Å². The number of hydrogen-bond acceptors (Lipinski definition) is 6. The van der Waals surface area contributed by atoms with Gasteiger partial charge in [-0.2, -0.15) is 0 Å². The maximum Gasteiger partial charge on any atom is 0.251 e. The molecule has 0 radical (unpaired) electrons. The van der Waals surface area contributed by atoms with Gasteiger partial charge < -0.3 is 16.0 Å². The van der Waals surface area contributed by atoms with E-state index in [1.54, 1.807) is 6.20 Å². The number of aromatic nitrogens is 2. The molecule has 2 amide bonds. The number of carbonyl (C=O) groups excluding carboxylic acids is 2. The average Bonchev–Trinajstić information content (AvgIpc) is 3.40. The van der Waals surface area contributed by atoms with Crippen molar-refractivity contribution in [3.05, 3.63) is 71.4 Å². The molecule has 3 aromatic rings. The van der Waals surface area contributed by atoms with E-state index in [0.29, 0.717) is 24.6 Å². The van der Waals surface area contributed by atoms with Crippen LogP contribution in [0.5, 0.6) is 0 Å². The molecule has 0 spiro atoms. The molecule has 3 N–H and O–H groups in total. The molecule has 0 unspecified atom stereocenters. The first-order valence-corrected chi connectivity index (χ1v) is 13.8. The molecule has 1 aromatic heterocycles. The highest BCUT2D eigenvalue weighted by Crippen LogP contribution is 2.27. The van der Waals surface area contributed by atoms with Crippen LogP contribution >= 0.6 is 0 Å². The Morgan fingerprint density at radius 2 is 1.89 bits per heavy atom. The van der Waals surface area contributed by atoms with Gasteiger partial charge in [0.1, 0.15) is 0 Å². The van der Waals surface area contributed by atoms with Crippen LogP contribution in [0, 0.1) is 0 Å². The highest BCUT2D eigenvalue weighted by Gasteiger charge is 2.31. The van der Waals surface area contributed by atoms with Crippen LogP contribution in [-0.2, 0) is 17.9 Å². The topological polar surface area (TPSA) is 99.3 Å². The number of nitrogens with zero attached hydrogens (tertiary/aromatic N) is 3. The zero-order chi connectivity index (χ0) is 25.9. The minimum atomic E-state index is -0.215. The van der Waals surface area contributed by atoms with Crippen molar-refractivity contribution < 1.29 is 9.59 Å². The summed E-state index contributed by atoms with van der Waals surface area (Å²) in [6, 6.07) is 15.8. The molecule has 3 heterocycles. The van der Waals surface area contributed by atoms with E-state index in [9.17, 15) is 9.59 Å². The molecule has 196 valence electrons. The summed E-state index contributed by atoms with van der Waals surface area (Å²) < 4.78 is 0. The smallest absolute Gasteiger partial charge is 0.251 e. The fourth-order valence-corrected chi connectivity index (χ4v) is 5.92. The minimum Gasteiger partial charge on any atom is -0.351 e. The molecule has 6 bridgehead atoms. The first kappa shape index (κ1) is 24.6. The molecule has 8 nitrogen and oxygen atoms in total. The standard InChI is InChI=1S/C30H34N6O2/c37-28(33-23-8-2-1-3-9-23)25-12-11-24-17-22(25)19-36-15-5-10-27(36)29(38)32-18-20-6-4-7-21(16-20)26-13-14-31-30(34-24)35-26/h4,6-7,11-14,16-17,23,27H,1-3,5,8-10,15,18-19H2,(H,32,38)(H,33,37)(H,31,34,35)/t27-/m0/s1. The van der Waals surface area contributed by atoms with Crippen LogP contribution in [0.1, 0.15) is 66.4 Å². The van der Waals surface area contributed by atoms with Crippen molar-refractivity contribution in [3.63, 3.8) is 0 Å². The van der Waals surface area contributed by atoms with Crippen molar-refractivity contribution in [1.82, 2.24) is 25.5 Å². The molecule has 1 aliphatic carbocycles. The van der Waals surface area contributed by atoms with E-state index in [1.165, 1.54) is 6.42 Å². The van der Waals surface area contributed by atoms with Gasteiger partial charge in [-0.1, -0.05) is 37.5 Å². The van der Waals surface area contributed by atoms with Gasteiger partial charge in [0.2, 0.25) is 11.9 Å². The Morgan fingerprint density at radius 1 is 1.00 bits per heavy atom. The lowest BCUT2D eigenvalue weighted by molar-refractivity contribution is -0.125. The molecule has 2 aromatic carbocycles. The van der Waals surface area contributed by atoms with E-state index >= 15 is 0 Å². The number of amides is 2. The molecule has 2 fully saturated rings. The molecule has 6 rings (SSSR count). The van der Waals surface area contributed by atoms with Gasteiger partial charge in [0.25, 0.3) is 5.91 Å². The number of rotatable bonds is 2. The van der Waals surface area contributed by atoms with Crippen LogP contribution in [0.25, 0.3) is 11.3 Å². The number of nitrogens with one attached hydrogen (secondary N) is 3. The normalized spacial score (nSPS) is 20.2. The Labute approximate surface area is 223 Å². The summed E-state index contributed by atoms with van der Waals surface area (Å²) in [6.45, 7) is 1.80. The molecule has 1 atom stereocenters. The maximum absolute atomic E-state index is 13.4. The van der Waals surface area contributed by atoms with Gasteiger partial charge in [-0.15, -0.1) is 0 Å². The predicted octanol–water partition coefficient (Wildman–Crippen LogP) is 4.54. The number of anilines is 2. The molecular weight excluding hydrogens is 476 g/mol. The highest BCUT2D eigenvalue weighted by atomic mass is 16.2. The second-order valence-corrected chi connectivity index (χ2v) is 10.6. The third-order valence-corrected chi connectivity index (χ3v) is 7.93. The van der Waals surface area contributed by atoms with E-state index in [1.807, 2.05) is 42.5 Å². The van der Waals surface area contributed by atoms with Crippen molar-refractivity contribution >= 4 is 23.5 Å². The summed E-state index contributed by atoms with van der Waals surface area (Å²) in [4.78, 5) is 38.1. The van der Waals surface area contributed by atoms with Crippen LogP contribution < -0.4 is 16.0 Å². The van der Waals surface area contributed by atoms with Crippen molar-refractivity contribution in [1.29, 1.82) is 0 Å². The predicted molar refractivity (Wildman–Crippen MR) is 147 cm³/mol. The summed E-state index contributed by atoms with van der Waals surface area (Å²) >= 11 is 0. The number of fused-ring (bicyclic) bond motifs is 8. The SMILES string of the molecule is O=C(NC1CCCCC1)c1ccc2cc1CN1CCC[C@H]1C(=O)NCc1cccc(c1)-c1ccnc(n1)N2. The Bertz CT molecular complexity index is 1340. The van der Waals surface area contributed by atoms with Crippen LogP contribution in [-0.4, -0.2) is 45.3 Å². The van der Waals surface area contributed by atoms with Gasteiger partial charge in [0, 0.05) is 42.1 Å². The Kier molecular flexibility index (Phi) is 7.05. The highest BCUT2D eigenvalue weighted by molar-refractivity contribution is 5.96. The van der Waals surface area contributed by atoms with Crippen LogP contribution in [0.3, 0.4) is 0 Å². The van der Waals surface area contributed by atoms with E-state index < -0.39 is 0 Å². The third kappa shape index (κ3) is 5.41. The number of carbonyl (C=O) groups is 2.